The molecule has 0 spiro atoms. The molecule has 0 fully saturated rings. The average Bonchev–Trinajstić information content (AvgIpc) is 3.21. The van der Waals surface area contributed by atoms with Gasteiger partial charge in [-0.2, -0.15) is 5.26 Å². The van der Waals surface area contributed by atoms with Crippen molar-refractivity contribution in [1.82, 2.24) is 10.2 Å². The summed E-state index contributed by atoms with van der Waals surface area (Å²) in [5.41, 5.74) is 1.86. The molecule has 0 aliphatic carbocycles. The van der Waals surface area contributed by atoms with Gasteiger partial charge in [0.15, 0.2) is 5.01 Å². The van der Waals surface area contributed by atoms with E-state index in [0.717, 1.165) is 16.3 Å². The lowest BCUT2D eigenvalue weighted by molar-refractivity contribution is 0.102. The average molecular weight is 382 g/mol. The van der Waals surface area contributed by atoms with Crippen LogP contribution in [0.3, 0.4) is 0 Å². The second kappa shape index (κ2) is 7.82. The van der Waals surface area contributed by atoms with Crippen LogP contribution in [0.15, 0.2) is 72.8 Å². The zero-order valence-corrected chi connectivity index (χ0v) is 15.5. The Labute approximate surface area is 165 Å². The number of aromatic nitrogens is 2. The minimum absolute atomic E-state index is 0.264. The first-order valence-electron chi connectivity index (χ1n) is 8.54. The van der Waals surface area contributed by atoms with Crippen LogP contribution in [-0.4, -0.2) is 16.1 Å². The molecule has 3 aromatic carbocycles. The van der Waals surface area contributed by atoms with Gasteiger partial charge in [0.1, 0.15) is 6.07 Å². The highest BCUT2D eigenvalue weighted by atomic mass is 32.1. The van der Waals surface area contributed by atoms with E-state index >= 15 is 0 Å². The van der Waals surface area contributed by atoms with Crippen LogP contribution in [0.1, 0.15) is 20.9 Å². The lowest BCUT2D eigenvalue weighted by atomic mass is 10.0. The van der Waals surface area contributed by atoms with Crippen LogP contribution in [0.2, 0.25) is 0 Å². The molecule has 0 radical (unpaired) electrons. The summed E-state index contributed by atoms with van der Waals surface area (Å²) in [4.78, 5) is 12.2. The molecule has 5 nitrogen and oxygen atoms in total. The first kappa shape index (κ1) is 17.6. The molecule has 4 aromatic rings. The van der Waals surface area contributed by atoms with Gasteiger partial charge in [-0.05, 0) is 34.5 Å². The SMILES string of the molecule is N#CC(=Cc1cccc2ccccc12)c1nnc(NC(=O)c2ccccc2)s1. The Hall–Kier alpha value is -3.82. The van der Waals surface area contributed by atoms with Crippen LogP contribution in [0, 0.1) is 11.3 Å². The Kier molecular flexibility index (Phi) is 4.91. The molecule has 1 N–H and O–H groups in total. The minimum Gasteiger partial charge on any atom is -0.296 e. The molecule has 0 atom stereocenters. The quantitative estimate of drug-likeness (QED) is 0.503. The number of nitrogens with one attached hydrogen (secondary N) is 1. The van der Waals surface area contributed by atoms with E-state index in [-0.39, 0.29) is 5.91 Å². The number of allylic oxidation sites excluding steroid dienone is 1. The number of nitrogens with zero attached hydrogens (tertiary/aromatic N) is 3. The summed E-state index contributed by atoms with van der Waals surface area (Å²) >= 11 is 1.17. The Morgan fingerprint density at radius 1 is 0.964 bits per heavy atom. The van der Waals surface area contributed by atoms with E-state index in [4.69, 9.17) is 0 Å². The Morgan fingerprint density at radius 3 is 2.54 bits per heavy atom. The van der Waals surface area contributed by atoms with E-state index in [1.54, 1.807) is 30.3 Å². The number of amides is 1. The lowest BCUT2D eigenvalue weighted by Gasteiger charge is -2.02. The van der Waals surface area contributed by atoms with Crippen molar-refractivity contribution in [3.05, 3.63) is 88.9 Å². The fourth-order valence-electron chi connectivity index (χ4n) is 2.82. The van der Waals surface area contributed by atoms with E-state index in [2.05, 4.69) is 21.6 Å². The Bertz CT molecular complexity index is 1220. The molecule has 0 saturated heterocycles. The molecule has 1 heterocycles. The summed E-state index contributed by atoms with van der Waals surface area (Å²) in [5, 5.41) is 23.4. The van der Waals surface area contributed by atoms with Gasteiger partial charge in [0.25, 0.3) is 5.91 Å². The van der Waals surface area contributed by atoms with Gasteiger partial charge < -0.3 is 0 Å². The summed E-state index contributed by atoms with van der Waals surface area (Å²) in [7, 11) is 0. The lowest BCUT2D eigenvalue weighted by Crippen LogP contribution is -2.11. The first-order valence-corrected chi connectivity index (χ1v) is 9.36. The van der Waals surface area contributed by atoms with Crippen molar-refractivity contribution >= 4 is 44.8 Å². The van der Waals surface area contributed by atoms with Crippen molar-refractivity contribution in [3.8, 4) is 6.07 Å². The van der Waals surface area contributed by atoms with Crippen LogP contribution in [0.25, 0.3) is 22.4 Å². The Morgan fingerprint density at radius 2 is 1.71 bits per heavy atom. The third-order valence-corrected chi connectivity index (χ3v) is 5.03. The number of nitriles is 1. The van der Waals surface area contributed by atoms with Gasteiger partial charge in [0.05, 0.1) is 5.57 Å². The molecule has 28 heavy (non-hydrogen) atoms. The summed E-state index contributed by atoms with van der Waals surface area (Å²) in [6, 6.07) is 25.0. The Balaban J connectivity index is 1.62. The number of hydrogen-bond acceptors (Lipinski definition) is 5. The van der Waals surface area contributed by atoms with E-state index in [1.807, 2.05) is 48.5 Å². The number of carbonyl (C=O) groups excluding carboxylic acids is 1. The van der Waals surface area contributed by atoms with Gasteiger partial charge in [0.2, 0.25) is 5.13 Å². The normalized spacial score (nSPS) is 11.2. The second-order valence-corrected chi connectivity index (χ2v) is 6.95. The molecule has 0 bridgehead atoms. The molecule has 1 amide bonds. The maximum absolute atomic E-state index is 12.2. The van der Waals surface area contributed by atoms with Gasteiger partial charge in [-0.15, -0.1) is 10.2 Å². The monoisotopic (exact) mass is 382 g/mol. The van der Waals surface area contributed by atoms with Gasteiger partial charge in [-0.1, -0.05) is 72.0 Å². The molecule has 0 unspecified atom stereocenters. The van der Waals surface area contributed by atoms with Gasteiger partial charge >= 0.3 is 0 Å². The first-order chi connectivity index (χ1) is 13.7. The molecule has 0 saturated carbocycles. The second-order valence-electron chi connectivity index (χ2n) is 5.97. The number of anilines is 1. The van der Waals surface area contributed by atoms with E-state index in [1.165, 1.54) is 11.3 Å². The van der Waals surface area contributed by atoms with E-state index in [9.17, 15) is 10.1 Å². The van der Waals surface area contributed by atoms with Crippen molar-refractivity contribution in [3.63, 3.8) is 0 Å². The number of benzene rings is 3. The molecule has 0 aliphatic rings. The van der Waals surface area contributed by atoms with Crippen LogP contribution in [0.4, 0.5) is 5.13 Å². The zero-order chi connectivity index (χ0) is 19.3. The number of hydrogen-bond donors (Lipinski definition) is 1. The summed E-state index contributed by atoms with van der Waals surface area (Å²) in [6.45, 7) is 0. The molecule has 4 rings (SSSR count). The highest BCUT2D eigenvalue weighted by Crippen LogP contribution is 2.27. The summed E-state index contributed by atoms with van der Waals surface area (Å²) < 4.78 is 0. The van der Waals surface area contributed by atoms with E-state index < -0.39 is 0 Å². The van der Waals surface area contributed by atoms with Gasteiger partial charge in [0, 0.05) is 5.56 Å². The minimum atomic E-state index is -0.264. The number of rotatable bonds is 4. The van der Waals surface area contributed by atoms with Crippen molar-refractivity contribution in [2.24, 2.45) is 0 Å². The van der Waals surface area contributed by atoms with Crippen LogP contribution in [-0.2, 0) is 0 Å². The topological polar surface area (TPSA) is 78.7 Å². The van der Waals surface area contributed by atoms with Crippen LogP contribution in [0.5, 0.6) is 0 Å². The van der Waals surface area contributed by atoms with Gasteiger partial charge in [-0.25, -0.2) is 0 Å². The predicted molar refractivity (Wildman–Crippen MR) is 112 cm³/mol. The summed E-state index contributed by atoms with van der Waals surface area (Å²) in [6.07, 6.45) is 1.80. The predicted octanol–water partition coefficient (Wildman–Crippen LogP) is 5.01. The highest BCUT2D eigenvalue weighted by Gasteiger charge is 2.13. The third kappa shape index (κ3) is 3.65. The fourth-order valence-corrected chi connectivity index (χ4v) is 3.52. The summed E-state index contributed by atoms with van der Waals surface area (Å²) in [5.74, 6) is -0.264. The van der Waals surface area contributed by atoms with Crippen LogP contribution >= 0.6 is 11.3 Å². The number of fused-ring (bicyclic) bond motifs is 1. The molecule has 0 aliphatic heterocycles. The molecule has 134 valence electrons. The van der Waals surface area contributed by atoms with Crippen molar-refractivity contribution in [2.75, 3.05) is 5.32 Å². The van der Waals surface area contributed by atoms with Crippen molar-refractivity contribution < 1.29 is 4.79 Å². The smallest absolute Gasteiger partial charge is 0.257 e. The maximum atomic E-state index is 12.2. The van der Waals surface area contributed by atoms with Gasteiger partial charge in [-0.3, -0.25) is 10.1 Å². The third-order valence-electron chi connectivity index (χ3n) is 4.16. The highest BCUT2D eigenvalue weighted by molar-refractivity contribution is 7.16. The molecule has 6 heteroatoms. The van der Waals surface area contributed by atoms with E-state index in [0.29, 0.717) is 21.3 Å². The zero-order valence-electron chi connectivity index (χ0n) is 14.7. The number of carbonyl (C=O) groups is 1. The standard InChI is InChI=1S/C22H14N4OS/c23-14-18(13-17-11-6-10-15-7-4-5-12-19(15)17)21-25-26-22(28-21)24-20(27)16-8-2-1-3-9-16/h1-13H,(H,24,26,27). The van der Waals surface area contributed by atoms with Crippen molar-refractivity contribution in [1.29, 1.82) is 5.26 Å². The maximum Gasteiger partial charge on any atom is 0.257 e. The molecular weight excluding hydrogens is 368 g/mol. The molecule has 1 aromatic heterocycles. The largest absolute Gasteiger partial charge is 0.296 e. The molecular formula is C22H14N4OS. The fraction of sp³-hybridized carbons (Fsp3) is 0. The van der Waals surface area contributed by atoms with Crippen molar-refractivity contribution in [2.45, 2.75) is 0 Å². The van der Waals surface area contributed by atoms with Crippen LogP contribution < -0.4 is 5.32 Å².